The van der Waals surface area contributed by atoms with E-state index in [4.69, 9.17) is 0 Å². The van der Waals surface area contributed by atoms with Crippen molar-refractivity contribution in [3.63, 3.8) is 0 Å². The third-order valence-corrected chi connectivity index (χ3v) is 4.17. The summed E-state index contributed by atoms with van der Waals surface area (Å²) >= 11 is 1.66. The first-order valence-corrected chi connectivity index (χ1v) is 6.24. The van der Waals surface area contributed by atoms with Crippen molar-refractivity contribution in [3.05, 3.63) is 30.1 Å². The van der Waals surface area contributed by atoms with Crippen LogP contribution in [0.2, 0.25) is 0 Å². The molecule has 0 saturated heterocycles. The van der Waals surface area contributed by atoms with Gasteiger partial charge in [0.05, 0.1) is 6.10 Å². The van der Waals surface area contributed by atoms with Crippen molar-refractivity contribution in [1.29, 1.82) is 0 Å². The van der Waals surface area contributed by atoms with Gasteiger partial charge in [-0.3, -0.25) is 0 Å². The molecule has 0 aromatic heterocycles. The number of aliphatic hydroxyl groups excluding tert-OH is 1. The molecule has 0 radical (unpaired) electrons. The number of thioether (sulfide) groups is 1. The Hall–Kier alpha value is -0.540. The largest absolute Gasteiger partial charge is 0.392 e. The molecular weight excluding hydrogens is 211 g/mol. The van der Waals surface area contributed by atoms with E-state index in [2.05, 4.69) is 0 Å². The highest BCUT2D eigenvalue weighted by molar-refractivity contribution is 8.00. The lowest BCUT2D eigenvalue weighted by molar-refractivity contribution is 0.137. The average Bonchev–Trinajstić information content (AvgIpc) is 2.25. The van der Waals surface area contributed by atoms with Crippen LogP contribution in [0.3, 0.4) is 0 Å². The van der Waals surface area contributed by atoms with E-state index in [1.54, 1.807) is 23.9 Å². The van der Waals surface area contributed by atoms with E-state index in [1.807, 2.05) is 0 Å². The molecule has 0 heterocycles. The Balaban J connectivity index is 1.98. The maximum atomic E-state index is 12.7. The maximum absolute atomic E-state index is 12.7. The quantitative estimate of drug-likeness (QED) is 0.835. The molecule has 1 aromatic rings. The van der Waals surface area contributed by atoms with Gasteiger partial charge in [0.15, 0.2) is 0 Å². The topological polar surface area (TPSA) is 20.2 Å². The van der Waals surface area contributed by atoms with Gasteiger partial charge in [-0.15, -0.1) is 11.8 Å². The SMILES string of the molecule is O[C@H]1CCCC[C@@H]1Sc1ccc(F)cc1. The summed E-state index contributed by atoms with van der Waals surface area (Å²) < 4.78 is 12.7. The number of hydrogen-bond donors (Lipinski definition) is 1. The van der Waals surface area contributed by atoms with Crippen molar-refractivity contribution in [1.82, 2.24) is 0 Å². The molecule has 82 valence electrons. The molecule has 3 heteroatoms. The summed E-state index contributed by atoms with van der Waals surface area (Å²) in [5.41, 5.74) is 0. The van der Waals surface area contributed by atoms with E-state index in [0.717, 1.165) is 24.2 Å². The van der Waals surface area contributed by atoms with Crippen molar-refractivity contribution in [2.75, 3.05) is 0 Å². The van der Waals surface area contributed by atoms with E-state index in [-0.39, 0.29) is 17.2 Å². The fraction of sp³-hybridized carbons (Fsp3) is 0.500. The van der Waals surface area contributed by atoms with Gasteiger partial charge in [-0.25, -0.2) is 4.39 Å². The van der Waals surface area contributed by atoms with Crippen molar-refractivity contribution in [3.8, 4) is 0 Å². The highest BCUT2D eigenvalue weighted by Crippen LogP contribution is 2.33. The fourth-order valence-corrected chi connectivity index (χ4v) is 3.12. The molecule has 2 atom stereocenters. The molecular formula is C12H15FOS. The second-order valence-electron chi connectivity index (χ2n) is 3.96. The van der Waals surface area contributed by atoms with Crippen LogP contribution in [0.25, 0.3) is 0 Å². The Labute approximate surface area is 93.7 Å². The number of halogens is 1. The number of rotatable bonds is 2. The molecule has 1 aliphatic carbocycles. The second kappa shape index (κ2) is 4.99. The Kier molecular flexibility index (Phi) is 3.65. The van der Waals surface area contributed by atoms with Gasteiger partial charge >= 0.3 is 0 Å². The molecule has 1 aliphatic rings. The van der Waals surface area contributed by atoms with Crippen LogP contribution in [0.5, 0.6) is 0 Å². The zero-order valence-electron chi connectivity index (χ0n) is 8.53. The van der Waals surface area contributed by atoms with Crippen LogP contribution in [0.1, 0.15) is 25.7 Å². The minimum absolute atomic E-state index is 0.200. The van der Waals surface area contributed by atoms with Crippen LogP contribution in [0.15, 0.2) is 29.2 Å². The van der Waals surface area contributed by atoms with Crippen molar-refractivity contribution in [2.45, 2.75) is 41.9 Å². The summed E-state index contributed by atoms with van der Waals surface area (Å²) in [6.45, 7) is 0. The Bertz CT molecular complexity index is 312. The van der Waals surface area contributed by atoms with Crippen molar-refractivity contribution in [2.24, 2.45) is 0 Å². The molecule has 1 aromatic carbocycles. The maximum Gasteiger partial charge on any atom is 0.123 e. The molecule has 0 spiro atoms. The normalized spacial score (nSPS) is 26.5. The molecule has 0 aliphatic heterocycles. The first-order chi connectivity index (χ1) is 7.25. The molecule has 2 rings (SSSR count). The Morgan fingerprint density at radius 3 is 2.47 bits per heavy atom. The van der Waals surface area contributed by atoms with E-state index in [1.165, 1.54) is 18.6 Å². The molecule has 0 amide bonds. The molecule has 1 fully saturated rings. The second-order valence-corrected chi connectivity index (χ2v) is 5.27. The standard InChI is InChI=1S/C12H15FOS/c13-9-5-7-10(8-6-9)15-12-4-2-1-3-11(12)14/h5-8,11-12,14H,1-4H2/t11-,12-/m0/s1. The third-order valence-electron chi connectivity index (χ3n) is 2.77. The lowest BCUT2D eigenvalue weighted by atomic mass is 9.97. The number of aliphatic hydroxyl groups is 1. The van der Waals surface area contributed by atoms with E-state index >= 15 is 0 Å². The lowest BCUT2D eigenvalue weighted by Gasteiger charge is -2.26. The van der Waals surface area contributed by atoms with Gasteiger partial charge in [-0.1, -0.05) is 12.8 Å². The molecule has 0 bridgehead atoms. The van der Waals surface area contributed by atoms with Gasteiger partial charge in [0.25, 0.3) is 0 Å². The minimum Gasteiger partial charge on any atom is -0.392 e. The zero-order chi connectivity index (χ0) is 10.7. The minimum atomic E-state index is -0.205. The highest BCUT2D eigenvalue weighted by atomic mass is 32.2. The van der Waals surface area contributed by atoms with Crippen LogP contribution in [-0.2, 0) is 0 Å². The smallest absolute Gasteiger partial charge is 0.123 e. The summed E-state index contributed by atoms with van der Waals surface area (Å²) in [5, 5.41) is 10.1. The predicted octanol–water partition coefficient (Wildman–Crippen LogP) is 3.22. The van der Waals surface area contributed by atoms with E-state index < -0.39 is 0 Å². The monoisotopic (exact) mass is 226 g/mol. The zero-order valence-corrected chi connectivity index (χ0v) is 9.34. The molecule has 15 heavy (non-hydrogen) atoms. The van der Waals surface area contributed by atoms with Gasteiger partial charge in [0.1, 0.15) is 5.82 Å². The van der Waals surface area contributed by atoms with Crippen LogP contribution in [0.4, 0.5) is 4.39 Å². The highest BCUT2D eigenvalue weighted by Gasteiger charge is 2.23. The summed E-state index contributed by atoms with van der Waals surface area (Å²) in [6, 6.07) is 6.50. The van der Waals surface area contributed by atoms with Crippen molar-refractivity contribution < 1.29 is 9.50 Å². The number of benzene rings is 1. The Morgan fingerprint density at radius 1 is 1.13 bits per heavy atom. The van der Waals surface area contributed by atoms with Crippen LogP contribution in [0, 0.1) is 5.82 Å². The van der Waals surface area contributed by atoms with Crippen LogP contribution < -0.4 is 0 Å². The van der Waals surface area contributed by atoms with E-state index in [9.17, 15) is 9.50 Å². The average molecular weight is 226 g/mol. The van der Waals surface area contributed by atoms with E-state index in [0.29, 0.717) is 0 Å². The summed E-state index contributed by atoms with van der Waals surface area (Å²) in [4.78, 5) is 1.04. The summed E-state index contributed by atoms with van der Waals surface area (Å²) in [5.74, 6) is -0.205. The molecule has 1 saturated carbocycles. The van der Waals surface area contributed by atoms with Gasteiger partial charge in [-0.2, -0.15) is 0 Å². The van der Waals surface area contributed by atoms with Crippen molar-refractivity contribution >= 4 is 11.8 Å². The lowest BCUT2D eigenvalue weighted by Crippen LogP contribution is -2.26. The van der Waals surface area contributed by atoms with Gasteiger partial charge in [0, 0.05) is 10.1 Å². The first kappa shape index (κ1) is 11.0. The fourth-order valence-electron chi connectivity index (χ4n) is 1.90. The Morgan fingerprint density at radius 2 is 1.80 bits per heavy atom. The van der Waals surface area contributed by atoms with Gasteiger partial charge in [0.2, 0.25) is 0 Å². The molecule has 1 nitrogen and oxygen atoms in total. The summed E-state index contributed by atoms with van der Waals surface area (Å²) in [6.07, 6.45) is 4.08. The van der Waals surface area contributed by atoms with Crippen LogP contribution >= 0.6 is 11.8 Å². The first-order valence-electron chi connectivity index (χ1n) is 5.36. The third kappa shape index (κ3) is 2.95. The predicted molar refractivity (Wildman–Crippen MR) is 60.5 cm³/mol. The van der Waals surface area contributed by atoms with Crippen LogP contribution in [-0.4, -0.2) is 16.5 Å². The van der Waals surface area contributed by atoms with Gasteiger partial charge < -0.3 is 5.11 Å². The summed E-state index contributed by atoms with van der Waals surface area (Å²) in [7, 11) is 0. The van der Waals surface area contributed by atoms with Gasteiger partial charge in [-0.05, 0) is 37.1 Å². The molecule has 0 unspecified atom stereocenters. The number of hydrogen-bond acceptors (Lipinski definition) is 2. The molecule has 1 N–H and O–H groups in total.